The second-order valence-corrected chi connectivity index (χ2v) is 3.84. The zero-order chi connectivity index (χ0) is 7.84. The Morgan fingerprint density at radius 3 is 2.64 bits per heavy atom. The quantitative estimate of drug-likeness (QED) is 0.640. The molecule has 0 unspecified atom stereocenters. The predicted molar refractivity (Wildman–Crippen MR) is 42.3 cm³/mol. The maximum atomic E-state index is 9.01. The summed E-state index contributed by atoms with van der Waals surface area (Å²) in [5.41, 5.74) is 5.41. The van der Waals surface area contributed by atoms with Gasteiger partial charge >= 0.3 is 0 Å². The van der Waals surface area contributed by atoms with Crippen molar-refractivity contribution in [3.8, 4) is 0 Å². The van der Waals surface area contributed by atoms with Crippen LogP contribution in [0.5, 0.6) is 0 Å². The summed E-state index contributed by atoms with van der Waals surface area (Å²) in [6, 6.07) is 0. The maximum Gasteiger partial charge on any atom is 0.203 e. The van der Waals surface area contributed by atoms with Gasteiger partial charge in [-0.1, -0.05) is 11.3 Å². The summed E-state index contributed by atoms with van der Waals surface area (Å²) in [5, 5.41) is 18.1. The average molecular weight is 171 g/mol. The minimum Gasteiger partial charge on any atom is -0.393 e. The first-order valence-corrected chi connectivity index (χ1v) is 4.34. The Hall–Kier alpha value is -0.680. The second kappa shape index (κ2) is 2.42. The average Bonchev–Trinajstić information content (AvgIpc) is 2.29. The largest absolute Gasteiger partial charge is 0.393 e. The Bertz CT molecular complexity index is 256. The summed E-state index contributed by atoms with van der Waals surface area (Å²) in [5.74, 6) is 0.403. The maximum absolute atomic E-state index is 9.01. The molecular weight excluding hydrogens is 162 g/mol. The van der Waals surface area contributed by atoms with E-state index < -0.39 is 0 Å². The van der Waals surface area contributed by atoms with Crippen molar-refractivity contribution in [1.82, 2.24) is 10.2 Å². The molecule has 1 aliphatic rings. The van der Waals surface area contributed by atoms with Crippen molar-refractivity contribution in [2.24, 2.45) is 0 Å². The Kier molecular flexibility index (Phi) is 1.54. The number of nitrogen functional groups attached to an aromatic ring is 1. The highest BCUT2D eigenvalue weighted by molar-refractivity contribution is 7.15. The molecule has 0 aromatic carbocycles. The fourth-order valence-corrected chi connectivity index (χ4v) is 1.94. The first-order chi connectivity index (χ1) is 5.25. The summed E-state index contributed by atoms with van der Waals surface area (Å²) < 4.78 is 0. The molecule has 0 radical (unpaired) electrons. The van der Waals surface area contributed by atoms with Gasteiger partial charge in [-0.15, -0.1) is 10.2 Å². The molecule has 0 saturated heterocycles. The highest BCUT2D eigenvalue weighted by Gasteiger charge is 2.31. The molecule has 0 amide bonds. The molecule has 1 aromatic rings. The second-order valence-electron chi connectivity index (χ2n) is 2.80. The number of hydrogen-bond donors (Lipinski definition) is 2. The number of anilines is 1. The summed E-state index contributed by atoms with van der Waals surface area (Å²) >= 11 is 1.42. The van der Waals surface area contributed by atoms with Crippen LogP contribution in [0.25, 0.3) is 0 Å². The Morgan fingerprint density at radius 1 is 1.45 bits per heavy atom. The molecule has 0 atom stereocenters. The SMILES string of the molecule is Nc1nnc(C2CC(O)C2)s1. The molecule has 1 saturated carbocycles. The third-order valence-electron chi connectivity index (χ3n) is 1.92. The number of nitrogens with zero attached hydrogens (tertiary/aromatic N) is 2. The normalized spacial score (nSPS) is 29.9. The van der Waals surface area contributed by atoms with Crippen LogP contribution in [-0.4, -0.2) is 21.4 Å². The van der Waals surface area contributed by atoms with Crippen LogP contribution in [0, 0.1) is 0 Å². The topological polar surface area (TPSA) is 72.0 Å². The van der Waals surface area contributed by atoms with Gasteiger partial charge in [0.1, 0.15) is 5.01 Å². The van der Waals surface area contributed by atoms with Gasteiger partial charge in [0.2, 0.25) is 5.13 Å². The Balaban J connectivity index is 2.07. The molecule has 1 heterocycles. The van der Waals surface area contributed by atoms with Gasteiger partial charge in [-0.2, -0.15) is 0 Å². The van der Waals surface area contributed by atoms with Crippen LogP contribution in [-0.2, 0) is 0 Å². The lowest BCUT2D eigenvalue weighted by Crippen LogP contribution is -2.26. The number of rotatable bonds is 1. The van der Waals surface area contributed by atoms with Crippen LogP contribution in [0.1, 0.15) is 23.8 Å². The van der Waals surface area contributed by atoms with E-state index in [0.29, 0.717) is 11.0 Å². The van der Waals surface area contributed by atoms with E-state index in [9.17, 15) is 0 Å². The molecule has 1 aromatic heterocycles. The van der Waals surface area contributed by atoms with Crippen molar-refractivity contribution >= 4 is 16.5 Å². The predicted octanol–water partition coefficient (Wildman–Crippen LogP) is 0.359. The lowest BCUT2D eigenvalue weighted by atomic mass is 9.83. The molecule has 11 heavy (non-hydrogen) atoms. The van der Waals surface area contributed by atoms with Crippen molar-refractivity contribution in [2.75, 3.05) is 5.73 Å². The van der Waals surface area contributed by atoms with Gasteiger partial charge in [0.05, 0.1) is 6.10 Å². The minimum absolute atomic E-state index is 0.134. The molecule has 0 aliphatic heterocycles. The van der Waals surface area contributed by atoms with Crippen molar-refractivity contribution in [2.45, 2.75) is 24.9 Å². The Labute approximate surface area is 68.1 Å². The zero-order valence-electron chi connectivity index (χ0n) is 5.90. The van der Waals surface area contributed by atoms with Crippen molar-refractivity contribution in [1.29, 1.82) is 0 Å². The van der Waals surface area contributed by atoms with Crippen LogP contribution in [0.15, 0.2) is 0 Å². The highest BCUT2D eigenvalue weighted by Crippen LogP contribution is 2.38. The standard InChI is InChI=1S/C6H9N3OS/c7-6-9-8-5(11-6)3-1-4(10)2-3/h3-4,10H,1-2H2,(H2,7,9). The molecule has 60 valence electrons. The van der Waals surface area contributed by atoms with E-state index in [1.165, 1.54) is 11.3 Å². The highest BCUT2D eigenvalue weighted by atomic mass is 32.1. The zero-order valence-corrected chi connectivity index (χ0v) is 6.71. The van der Waals surface area contributed by atoms with Crippen LogP contribution in [0.2, 0.25) is 0 Å². The van der Waals surface area contributed by atoms with E-state index in [2.05, 4.69) is 10.2 Å². The fourth-order valence-electron chi connectivity index (χ4n) is 1.20. The van der Waals surface area contributed by atoms with E-state index >= 15 is 0 Å². The smallest absolute Gasteiger partial charge is 0.203 e. The van der Waals surface area contributed by atoms with Gasteiger partial charge in [0, 0.05) is 5.92 Å². The molecule has 1 fully saturated rings. The Morgan fingerprint density at radius 2 is 2.18 bits per heavy atom. The van der Waals surface area contributed by atoms with E-state index in [4.69, 9.17) is 10.8 Å². The molecule has 4 nitrogen and oxygen atoms in total. The number of aromatic nitrogens is 2. The number of hydrogen-bond acceptors (Lipinski definition) is 5. The van der Waals surface area contributed by atoms with Gasteiger partial charge in [-0.3, -0.25) is 0 Å². The van der Waals surface area contributed by atoms with Crippen molar-refractivity contribution in [3.05, 3.63) is 5.01 Å². The first kappa shape index (κ1) is 7.00. The van der Waals surface area contributed by atoms with Crippen molar-refractivity contribution < 1.29 is 5.11 Å². The third-order valence-corrected chi connectivity index (χ3v) is 2.83. The third kappa shape index (κ3) is 1.21. The lowest BCUT2D eigenvalue weighted by molar-refractivity contribution is 0.0743. The molecule has 5 heteroatoms. The van der Waals surface area contributed by atoms with E-state index in [1.807, 2.05) is 0 Å². The molecule has 1 aliphatic carbocycles. The minimum atomic E-state index is -0.134. The van der Waals surface area contributed by atoms with Gasteiger partial charge in [-0.05, 0) is 12.8 Å². The number of nitrogens with two attached hydrogens (primary N) is 1. The van der Waals surface area contributed by atoms with Crippen LogP contribution < -0.4 is 5.73 Å². The van der Waals surface area contributed by atoms with Gasteiger partial charge in [0.25, 0.3) is 0 Å². The summed E-state index contributed by atoms with van der Waals surface area (Å²) in [6.45, 7) is 0. The molecule has 0 bridgehead atoms. The first-order valence-electron chi connectivity index (χ1n) is 3.52. The van der Waals surface area contributed by atoms with Crippen LogP contribution in [0.3, 0.4) is 0 Å². The van der Waals surface area contributed by atoms with Gasteiger partial charge in [0.15, 0.2) is 0 Å². The van der Waals surface area contributed by atoms with Crippen LogP contribution >= 0.6 is 11.3 Å². The number of aliphatic hydroxyl groups is 1. The van der Waals surface area contributed by atoms with E-state index in [-0.39, 0.29) is 6.10 Å². The van der Waals surface area contributed by atoms with Gasteiger partial charge in [-0.25, -0.2) is 0 Å². The summed E-state index contributed by atoms with van der Waals surface area (Å²) in [4.78, 5) is 0. The molecule has 2 rings (SSSR count). The van der Waals surface area contributed by atoms with Gasteiger partial charge < -0.3 is 10.8 Å². The number of aliphatic hydroxyl groups excluding tert-OH is 1. The summed E-state index contributed by atoms with van der Waals surface area (Å²) in [7, 11) is 0. The molecular formula is C6H9N3OS. The molecule has 3 N–H and O–H groups in total. The molecule has 0 spiro atoms. The van der Waals surface area contributed by atoms with E-state index in [1.54, 1.807) is 0 Å². The monoisotopic (exact) mass is 171 g/mol. The summed E-state index contributed by atoms with van der Waals surface area (Å²) in [6.07, 6.45) is 1.49. The van der Waals surface area contributed by atoms with Crippen molar-refractivity contribution in [3.63, 3.8) is 0 Å². The lowest BCUT2D eigenvalue weighted by Gasteiger charge is -2.28. The fraction of sp³-hybridized carbons (Fsp3) is 0.667. The van der Waals surface area contributed by atoms with E-state index in [0.717, 1.165) is 17.8 Å². The van der Waals surface area contributed by atoms with Crippen LogP contribution in [0.4, 0.5) is 5.13 Å².